The molecule has 198 valence electrons. The van der Waals surface area contributed by atoms with E-state index >= 15 is 0 Å². The Morgan fingerprint density at radius 3 is 2.68 bits per heavy atom. The lowest BCUT2D eigenvalue weighted by Gasteiger charge is -2.15. The molecular weight excluding hydrogens is 533 g/mol. The molecule has 0 bridgehead atoms. The fourth-order valence-corrected chi connectivity index (χ4v) is 4.97. The van der Waals surface area contributed by atoms with Gasteiger partial charge in [-0.25, -0.2) is 15.1 Å². The van der Waals surface area contributed by atoms with Crippen molar-refractivity contribution in [2.24, 2.45) is 11.1 Å². The van der Waals surface area contributed by atoms with Gasteiger partial charge in [0, 0.05) is 23.3 Å². The van der Waals surface area contributed by atoms with E-state index in [1.807, 2.05) is 0 Å². The normalized spacial score (nSPS) is 18.2. The number of hydrogen-bond acceptors (Lipinski definition) is 9. The summed E-state index contributed by atoms with van der Waals surface area (Å²) >= 11 is -0.183. The van der Waals surface area contributed by atoms with Crippen molar-refractivity contribution in [3.8, 4) is 0 Å². The molecule has 0 aliphatic heterocycles. The second kappa shape index (κ2) is 11.2. The zero-order valence-corrected chi connectivity index (χ0v) is 20.9. The molecule has 3 N–H and O–H groups in total. The fourth-order valence-electron chi connectivity index (χ4n) is 4.05. The monoisotopic (exact) mass is 556 g/mol. The van der Waals surface area contributed by atoms with Gasteiger partial charge in [0.2, 0.25) is 5.78 Å². The second-order valence-corrected chi connectivity index (χ2v) is 10.9. The number of anilines is 1. The number of rotatable bonds is 10. The molecular formula is C22H23F3N6O4S2. The first-order chi connectivity index (χ1) is 17.4. The Kier molecular flexibility index (Phi) is 8.16. The van der Waals surface area contributed by atoms with E-state index in [9.17, 15) is 26.4 Å². The Hall–Kier alpha value is -3.01. The van der Waals surface area contributed by atoms with E-state index in [4.69, 9.17) is 5.14 Å². The number of thioether (sulfide) groups is 1. The molecule has 2 heterocycles. The molecule has 2 unspecified atom stereocenters. The minimum atomic E-state index is -4.35. The van der Waals surface area contributed by atoms with Crippen molar-refractivity contribution >= 4 is 33.7 Å². The van der Waals surface area contributed by atoms with Crippen LogP contribution in [0, 0.1) is 5.92 Å². The first-order valence-corrected chi connectivity index (χ1v) is 13.4. The first kappa shape index (κ1) is 27.0. The number of halogens is 3. The van der Waals surface area contributed by atoms with Crippen LogP contribution in [-0.4, -0.2) is 52.1 Å². The van der Waals surface area contributed by atoms with Gasteiger partial charge in [0.05, 0.1) is 18.7 Å². The average Bonchev–Trinajstić information content (AvgIpc) is 3.47. The first-order valence-electron chi connectivity index (χ1n) is 11.1. The Balaban J connectivity index is 1.39. The van der Waals surface area contributed by atoms with Crippen LogP contribution in [0.3, 0.4) is 0 Å². The van der Waals surface area contributed by atoms with E-state index in [0.717, 1.165) is 18.4 Å². The molecule has 0 spiro atoms. The summed E-state index contributed by atoms with van der Waals surface area (Å²) in [4.78, 5) is 21.4. The molecule has 2 aromatic heterocycles. The topological polar surface area (TPSA) is 142 Å². The number of benzene rings is 1. The van der Waals surface area contributed by atoms with Gasteiger partial charge < -0.3 is 5.32 Å². The van der Waals surface area contributed by atoms with Crippen molar-refractivity contribution in [1.29, 1.82) is 0 Å². The van der Waals surface area contributed by atoms with Crippen LogP contribution in [0.25, 0.3) is 0 Å². The Morgan fingerprint density at radius 2 is 1.97 bits per heavy atom. The van der Waals surface area contributed by atoms with Crippen molar-refractivity contribution in [3.63, 3.8) is 0 Å². The van der Waals surface area contributed by atoms with Crippen molar-refractivity contribution in [1.82, 2.24) is 19.7 Å². The molecule has 3 aromatic rings. The highest BCUT2D eigenvalue weighted by atomic mass is 32.2. The summed E-state index contributed by atoms with van der Waals surface area (Å²) in [5.74, 6) is -0.0650. The lowest BCUT2D eigenvalue weighted by molar-refractivity contribution is -0.0328. The largest absolute Gasteiger partial charge is 0.446 e. The number of nitrogens with zero attached hydrogens (tertiary/aromatic N) is 4. The third-order valence-corrected chi connectivity index (χ3v) is 6.89. The van der Waals surface area contributed by atoms with Crippen LogP contribution < -0.4 is 10.5 Å². The number of carbonyl (C=O) groups excluding carboxylic acids is 1. The highest BCUT2D eigenvalue weighted by Gasteiger charge is 2.29. The molecule has 1 fully saturated rings. The number of alkyl halides is 3. The Bertz CT molecular complexity index is 1350. The maximum Gasteiger partial charge on any atom is 0.446 e. The summed E-state index contributed by atoms with van der Waals surface area (Å²) in [5.41, 5.74) is -3.24. The molecule has 0 amide bonds. The summed E-state index contributed by atoms with van der Waals surface area (Å²) in [5, 5.41) is 12.4. The Morgan fingerprint density at radius 1 is 1.22 bits per heavy atom. The van der Waals surface area contributed by atoms with Gasteiger partial charge in [0.25, 0.3) is 0 Å². The molecule has 2 atom stereocenters. The maximum absolute atomic E-state index is 13.2. The van der Waals surface area contributed by atoms with E-state index in [1.54, 1.807) is 24.4 Å². The third-order valence-electron chi connectivity index (χ3n) is 5.68. The number of nitrogens with two attached hydrogens (primary N) is 1. The number of nitrogens with one attached hydrogen (secondary N) is 1. The van der Waals surface area contributed by atoms with Crippen molar-refractivity contribution in [2.75, 3.05) is 11.9 Å². The fraction of sp³-hybridized carbons (Fsp3) is 0.364. The minimum absolute atomic E-state index is 0.00589. The van der Waals surface area contributed by atoms with Crippen LogP contribution in [0.5, 0.6) is 0 Å². The molecule has 1 saturated carbocycles. The summed E-state index contributed by atoms with van der Waals surface area (Å²) < 4.78 is 65.8. The molecule has 0 saturated heterocycles. The molecule has 1 aliphatic carbocycles. The lowest BCUT2D eigenvalue weighted by Crippen LogP contribution is -2.22. The highest BCUT2D eigenvalue weighted by molar-refractivity contribution is 8.00. The van der Waals surface area contributed by atoms with Gasteiger partial charge >= 0.3 is 15.8 Å². The minimum Gasteiger partial charge on any atom is -0.367 e. The summed E-state index contributed by atoms with van der Waals surface area (Å²) in [6, 6.07) is 7.42. The number of carbonyl (C=O) groups is 1. The van der Waals surface area contributed by atoms with Crippen LogP contribution >= 0.6 is 11.8 Å². The van der Waals surface area contributed by atoms with Crippen LogP contribution in [0.1, 0.15) is 40.9 Å². The SMILES string of the molecule is NS(=O)(=O)OCC1CCC(Nc2ncncc2C(=O)c2ccn(Cc3ccc(SC(F)(F)F)cc3)n2)C1. The van der Waals surface area contributed by atoms with Gasteiger partial charge in [0.15, 0.2) is 0 Å². The summed E-state index contributed by atoms with van der Waals surface area (Å²) in [7, 11) is -4.00. The average molecular weight is 557 g/mol. The number of aromatic nitrogens is 4. The predicted molar refractivity (Wildman–Crippen MR) is 129 cm³/mol. The van der Waals surface area contributed by atoms with Crippen LogP contribution in [0.4, 0.5) is 19.0 Å². The Labute approximate surface area is 215 Å². The molecule has 1 aromatic carbocycles. The van der Waals surface area contributed by atoms with Gasteiger partial charge in [-0.1, -0.05) is 12.1 Å². The highest BCUT2D eigenvalue weighted by Crippen LogP contribution is 2.36. The van der Waals surface area contributed by atoms with Gasteiger partial charge in [-0.05, 0) is 60.7 Å². The molecule has 0 radical (unpaired) electrons. The molecule has 37 heavy (non-hydrogen) atoms. The van der Waals surface area contributed by atoms with Crippen LogP contribution in [0.15, 0.2) is 53.9 Å². The molecule has 1 aliphatic rings. The van der Waals surface area contributed by atoms with E-state index in [2.05, 4.69) is 24.6 Å². The summed E-state index contributed by atoms with van der Waals surface area (Å²) in [6.07, 6.45) is 6.38. The zero-order chi connectivity index (χ0) is 26.6. The van der Waals surface area contributed by atoms with Gasteiger partial charge in [-0.2, -0.15) is 26.7 Å². The van der Waals surface area contributed by atoms with E-state index in [-0.39, 0.29) is 53.0 Å². The number of ketones is 1. The van der Waals surface area contributed by atoms with E-state index in [1.165, 1.54) is 29.3 Å². The predicted octanol–water partition coefficient (Wildman–Crippen LogP) is 3.37. The standard InChI is InChI=1S/C22H23F3N6O4S2/c23-22(24,25)36-17-5-2-14(3-6-17)11-31-8-7-19(30-31)20(32)18-10-27-13-28-21(18)29-16-4-1-15(9-16)12-35-37(26,33)34/h2-3,5-8,10,13,15-16H,1,4,9,11-12H2,(H2,26,33,34)(H,27,28,29). The number of hydrogen-bond donors (Lipinski definition) is 2. The summed E-state index contributed by atoms with van der Waals surface area (Å²) in [6.45, 7) is 0.262. The van der Waals surface area contributed by atoms with Crippen molar-refractivity contribution < 1.29 is 30.6 Å². The molecule has 15 heteroatoms. The van der Waals surface area contributed by atoms with Crippen LogP contribution in [-0.2, 0) is 21.0 Å². The van der Waals surface area contributed by atoms with Crippen molar-refractivity contribution in [3.05, 3.63) is 65.9 Å². The lowest BCUT2D eigenvalue weighted by atomic mass is 10.1. The van der Waals surface area contributed by atoms with E-state index in [0.29, 0.717) is 12.2 Å². The molecule has 10 nitrogen and oxygen atoms in total. The third kappa shape index (κ3) is 7.99. The van der Waals surface area contributed by atoms with Gasteiger partial charge in [-0.15, -0.1) is 0 Å². The molecule has 4 rings (SSSR count). The van der Waals surface area contributed by atoms with Gasteiger partial charge in [0.1, 0.15) is 17.8 Å². The quantitative estimate of drug-likeness (QED) is 0.284. The van der Waals surface area contributed by atoms with Crippen molar-refractivity contribution in [2.45, 2.75) is 42.3 Å². The van der Waals surface area contributed by atoms with E-state index < -0.39 is 21.6 Å². The maximum atomic E-state index is 13.2. The zero-order valence-electron chi connectivity index (χ0n) is 19.3. The second-order valence-electron chi connectivity index (χ2n) is 8.50. The van der Waals surface area contributed by atoms with Gasteiger partial charge in [-0.3, -0.25) is 13.7 Å². The smallest absolute Gasteiger partial charge is 0.367 e. The van der Waals surface area contributed by atoms with Crippen LogP contribution in [0.2, 0.25) is 0 Å².